The Morgan fingerprint density at radius 3 is 2.50 bits per heavy atom. The molecular weight excluding hydrogens is 268 g/mol. The molecule has 0 heterocycles. The van der Waals surface area contributed by atoms with Crippen LogP contribution in [-0.4, -0.2) is 11.2 Å². The van der Waals surface area contributed by atoms with Crippen molar-refractivity contribution in [2.75, 3.05) is 0 Å². The average molecular weight is 293 g/mol. The number of benzene rings is 1. The molecule has 1 nitrogen and oxygen atoms in total. The summed E-state index contributed by atoms with van der Waals surface area (Å²) in [6.45, 7) is 6.15. The maximum Gasteiger partial charge on any atom is 0.0807 e. The van der Waals surface area contributed by atoms with Gasteiger partial charge in [0.25, 0.3) is 0 Å². The molecule has 0 radical (unpaired) electrons. The van der Waals surface area contributed by atoms with E-state index >= 15 is 0 Å². The quantitative estimate of drug-likeness (QED) is 0.705. The zero-order chi connectivity index (χ0) is 15.0. The molecule has 1 N–H and O–H groups in total. The lowest BCUT2D eigenvalue weighted by Gasteiger charge is -2.18. The van der Waals surface area contributed by atoms with Gasteiger partial charge in [0.05, 0.1) is 6.10 Å². The van der Waals surface area contributed by atoms with Gasteiger partial charge in [-0.2, -0.15) is 0 Å². The maximum atomic E-state index is 10.2. The molecule has 0 aliphatic heterocycles. The topological polar surface area (TPSA) is 20.2 Å². The van der Waals surface area contributed by atoms with Gasteiger partial charge in [-0.05, 0) is 36.8 Å². The lowest BCUT2D eigenvalue weighted by molar-refractivity contribution is 0.172. The van der Waals surface area contributed by atoms with Crippen LogP contribution in [0.1, 0.15) is 32.8 Å². The van der Waals surface area contributed by atoms with E-state index in [2.05, 4.69) is 37.3 Å². The summed E-state index contributed by atoms with van der Waals surface area (Å²) in [5.74, 6) is 0.502. The summed E-state index contributed by atoms with van der Waals surface area (Å²) < 4.78 is 0. The van der Waals surface area contributed by atoms with Crippen molar-refractivity contribution < 1.29 is 5.11 Å². The highest BCUT2D eigenvalue weighted by molar-refractivity contribution is 6.25. The van der Waals surface area contributed by atoms with Gasteiger partial charge in [0.15, 0.2) is 0 Å². The van der Waals surface area contributed by atoms with E-state index in [1.165, 1.54) is 11.1 Å². The molecule has 0 spiro atoms. The Hall–Kier alpha value is -1.05. The monoisotopic (exact) mass is 292 g/mol. The summed E-state index contributed by atoms with van der Waals surface area (Å²) >= 11 is 5.56. The van der Waals surface area contributed by atoms with Gasteiger partial charge < -0.3 is 5.11 Å². The van der Waals surface area contributed by atoms with Gasteiger partial charge in [0.1, 0.15) is 0 Å². The van der Waals surface area contributed by atoms with Gasteiger partial charge in [0, 0.05) is 11.5 Å². The standard InChI is InChI=1S/C18H25ClO/c1-14(9-10-17-7-5-4-6-8-17)13-16(3)18(20)15(2)11-12-19/h4-8,11-15,18,20H,9-10H2,1-3H3/b12-11-,16-13+/t14-,15+,18+/m0/s1. The lowest BCUT2D eigenvalue weighted by Crippen LogP contribution is -2.17. The van der Waals surface area contributed by atoms with Gasteiger partial charge in [-0.1, -0.05) is 67.9 Å². The molecule has 0 bridgehead atoms. The van der Waals surface area contributed by atoms with Crippen LogP contribution in [0.5, 0.6) is 0 Å². The third-order valence-electron chi connectivity index (χ3n) is 3.62. The van der Waals surface area contributed by atoms with Crippen molar-refractivity contribution in [3.8, 4) is 0 Å². The molecular formula is C18H25ClO. The number of halogens is 1. The Bertz CT molecular complexity index is 436. The van der Waals surface area contributed by atoms with Gasteiger partial charge in [-0.25, -0.2) is 0 Å². The second-order valence-electron chi connectivity index (χ2n) is 5.53. The van der Waals surface area contributed by atoms with Crippen LogP contribution in [0, 0.1) is 11.8 Å². The number of allylic oxidation sites excluding steroid dienone is 1. The minimum absolute atomic E-state index is 0.0464. The third kappa shape index (κ3) is 5.94. The fourth-order valence-electron chi connectivity index (χ4n) is 2.30. The second kappa shape index (κ2) is 8.99. The smallest absolute Gasteiger partial charge is 0.0807 e. The van der Waals surface area contributed by atoms with Crippen LogP contribution in [0.15, 0.2) is 53.6 Å². The van der Waals surface area contributed by atoms with Crippen LogP contribution in [0.2, 0.25) is 0 Å². The van der Waals surface area contributed by atoms with E-state index in [9.17, 15) is 5.11 Å². The number of aryl methyl sites for hydroxylation is 1. The number of aliphatic hydroxyl groups excluding tert-OH is 1. The summed E-state index contributed by atoms with van der Waals surface area (Å²) in [7, 11) is 0. The van der Waals surface area contributed by atoms with Crippen molar-refractivity contribution >= 4 is 11.6 Å². The first-order valence-electron chi connectivity index (χ1n) is 7.21. The van der Waals surface area contributed by atoms with E-state index < -0.39 is 6.10 Å². The predicted molar refractivity (Wildman–Crippen MR) is 87.8 cm³/mol. The molecule has 3 atom stereocenters. The van der Waals surface area contributed by atoms with Crippen LogP contribution >= 0.6 is 11.6 Å². The summed E-state index contributed by atoms with van der Waals surface area (Å²) in [5.41, 5.74) is 3.86. The highest BCUT2D eigenvalue weighted by Gasteiger charge is 2.13. The fourth-order valence-corrected chi connectivity index (χ4v) is 2.53. The molecule has 2 heteroatoms. The Labute approximate surface area is 128 Å². The van der Waals surface area contributed by atoms with Crippen LogP contribution in [0.3, 0.4) is 0 Å². The first kappa shape index (κ1) is 17.0. The van der Waals surface area contributed by atoms with Crippen molar-refractivity contribution in [1.82, 2.24) is 0 Å². The second-order valence-corrected chi connectivity index (χ2v) is 5.79. The summed E-state index contributed by atoms with van der Waals surface area (Å²) in [4.78, 5) is 0. The van der Waals surface area contributed by atoms with Gasteiger partial charge in [-0.3, -0.25) is 0 Å². The molecule has 0 saturated heterocycles. The third-order valence-corrected chi connectivity index (χ3v) is 3.76. The van der Waals surface area contributed by atoms with E-state index in [0.717, 1.165) is 18.4 Å². The number of hydrogen-bond donors (Lipinski definition) is 1. The van der Waals surface area contributed by atoms with E-state index in [-0.39, 0.29) is 5.92 Å². The van der Waals surface area contributed by atoms with Gasteiger partial charge >= 0.3 is 0 Å². The van der Waals surface area contributed by atoms with Gasteiger partial charge in [0.2, 0.25) is 0 Å². The molecule has 110 valence electrons. The Morgan fingerprint density at radius 2 is 1.90 bits per heavy atom. The Balaban J connectivity index is 2.50. The van der Waals surface area contributed by atoms with Crippen LogP contribution in [0.25, 0.3) is 0 Å². The van der Waals surface area contributed by atoms with Crippen LogP contribution < -0.4 is 0 Å². The van der Waals surface area contributed by atoms with Crippen LogP contribution in [-0.2, 0) is 6.42 Å². The molecule has 0 aromatic heterocycles. The first-order valence-corrected chi connectivity index (χ1v) is 7.65. The minimum atomic E-state index is -0.454. The zero-order valence-electron chi connectivity index (χ0n) is 12.6. The molecule has 0 fully saturated rings. The average Bonchev–Trinajstić information content (AvgIpc) is 2.45. The first-order chi connectivity index (χ1) is 9.54. The molecule has 0 saturated carbocycles. The van der Waals surface area contributed by atoms with Crippen molar-refractivity contribution in [3.63, 3.8) is 0 Å². The Morgan fingerprint density at radius 1 is 1.25 bits per heavy atom. The van der Waals surface area contributed by atoms with E-state index in [0.29, 0.717) is 5.92 Å². The SMILES string of the molecule is C/C(=C\[C@@H](C)CCc1ccccc1)[C@H](O)[C@H](C)/C=C\Cl. The van der Waals surface area contributed by atoms with Crippen LogP contribution in [0.4, 0.5) is 0 Å². The molecule has 0 unspecified atom stereocenters. The normalized spacial score (nSPS) is 17.1. The largest absolute Gasteiger partial charge is 0.388 e. The highest BCUT2D eigenvalue weighted by atomic mass is 35.5. The molecule has 0 aliphatic carbocycles. The minimum Gasteiger partial charge on any atom is -0.388 e. The lowest BCUT2D eigenvalue weighted by atomic mass is 9.93. The number of rotatable bonds is 7. The number of aliphatic hydroxyl groups is 1. The molecule has 1 aromatic carbocycles. The van der Waals surface area contributed by atoms with Crippen molar-refractivity contribution in [1.29, 1.82) is 0 Å². The summed E-state index contributed by atoms with van der Waals surface area (Å²) in [5, 5.41) is 10.2. The van der Waals surface area contributed by atoms with E-state index in [1.54, 1.807) is 0 Å². The number of hydrogen-bond acceptors (Lipinski definition) is 1. The summed E-state index contributed by atoms with van der Waals surface area (Å²) in [6.07, 6.45) is 5.70. The highest BCUT2D eigenvalue weighted by Crippen LogP contribution is 2.18. The zero-order valence-corrected chi connectivity index (χ0v) is 13.3. The summed E-state index contributed by atoms with van der Waals surface area (Å²) in [6, 6.07) is 10.5. The van der Waals surface area contributed by atoms with Crippen molar-refractivity contribution in [3.05, 3.63) is 59.2 Å². The van der Waals surface area contributed by atoms with E-state index in [4.69, 9.17) is 11.6 Å². The van der Waals surface area contributed by atoms with E-state index in [1.807, 2.05) is 26.0 Å². The Kier molecular flexibility index (Phi) is 7.64. The molecule has 1 rings (SSSR count). The fraction of sp³-hybridized carbons (Fsp3) is 0.444. The molecule has 1 aromatic rings. The maximum absolute atomic E-state index is 10.2. The molecule has 0 amide bonds. The predicted octanol–water partition coefficient (Wildman–Crippen LogP) is 4.95. The van der Waals surface area contributed by atoms with Gasteiger partial charge in [-0.15, -0.1) is 0 Å². The molecule has 20 heavy (non-hydrogen) atoms. The van der Waals surface area contributed by atoms with Crippen molar-refractivity contribution in [2.24, 2.45) is 11.8 Å². The van der Waals surface area contributed by atoms with Crippen molar-refractivity contribution in [2.45, 2.75) is 39.7 Å². The molecule has 0 aliphatic rings.